The van der Waals surface area contributed by atoms with Gasteiger partial charge in [-0.1, -0.05) is 41.9 Å². The van der Waals surface area contributed by atoms with E-state index in [0.717, 1.165) is 5.56 Å². The molecule has 0 aliphatic heterocycles. The number of nitrogens with two attached hydrogens (primary N) is 1. The van der Waals surface area contributed by atoms with Crippen molar-refractivity contribution < 1.29 is 9.18 Å². The number of allylic oxidation sites excluding steroid dienone is 1. The number of nitrogen functional groups attached to an aromatic ring is 1. The van der Waals surface area contributed by atoms with Crippen LogP contribution >= 0.6 is 11.6 Å². The van der Waals surface area contributed by atoms with Crippen molar-refractivity contribution in [2.24, 2.45) is 0 Å². The number of halogens is 2. The summed E-state index contributed by atoms with van der Waals surface area (Å²) in [6, 6.07) is 11.7. The summed E-state index contributed by atoms with van der Waals surface area (Å²) in [4.78, 5) is 11.8. The maximum Gasteiger partial charge on any atom is 0.160 e. The predicted molar refractivity (Wildman–Crippen MR) is 80.0 cm³/mol. The fourth-order valence-corrected chi connectivity index (χ4v) is 1.92. The standard InChI is InChI=1S/C16H13ClFNO/c17-15-3-1-2-12(16(15)18)10-14(20)9-6-11-4-7-13(19)8-5-11/h1-9H,10,19H2/b9-6+. The normalized spacial score (nSPS) is 10.9. The highest BCUT2D eigenvalue weighted by atomic mass is 35.5. The third kappa shape index (κ3) is 3.68. The van der Waals surface area contributed by atoms with E-state index < -0.39 is 5.82 Å². The van der Waals surface area contributed by atoms with Crippen LogP contribution in [0, 0.1) is 5.82 Å². The molecule has 0 radical (unpaired) electrons. The van der Waals surface area contributed by atoms with Crippen molar-refractivity contribution >= 4 is 29.1 Å². The van der Waals surface area contributed by atoms with E-state index in [9.17, 15) is 9.18 Å². The van der Waals surface area contributed by atoms with Crippen molar-refractivity contribution in [1.29, 1.82) is 0 Å². The number of ketones is 1. The van der Waals surface area contributed by atoms with Crippen molar-refractivity contribution in [2.45, 2.75) is 6.42 Å². The minimum Gasteiger partial charge on any atom is -0.399 e. The molecule has 0 fully saturated rings. The Morgan fingerprint density at radius 1 is 1.20 bits per heavy atom. The maximum absolute atomic E-state index is 13.6. The van der Waals surface area contributed by atoms with Crippen LogP contribution in [0.15, 0.2) is 48.5 Å². The van der Waals surface area contributed by atoms with Gasteiger partial charge in [-0.15, -0.1) is 0 Å². The molecule has 0 atom stereocenters. The van der Waals surface area contributed by atoms with Gasteiger partial charge in [-0.25, -0.2) is 4.39 Å². The smallest absolute Gasteiger partial charge is 0.160 e. The first-order valence-electron chi connectivity index (χ1n) is 6.05. The molecule has 0 unspecified atom stereocenters. The number of carbonyl (C=O) groups excluding carboxylic acids is 1. The summed E-state index contributed by atoms with van der Waals surface area (Å²) in [5.74, 6) is -0.730. The van der Waals surface area contributed by atoms with Crippen molar-refractivity contribution in [1.82, 2.24) is 0 Å². The highest BCUT2D eigenvalue weighted by Gasteiger charge is 2.08. The molecule has 2 aromatic rings. The average Bonchev–Trinajstić information content (AvgIpc) is 2.43. The highest BCUT2D eigenvalue weighted by Crippen LogP contribution is 2.18. The molecule has 0 aromatic heterocycles. The number of carbonyl (C=O) groups is 1. The third-order valence-corrected chi connectivity index (χ3v) is 3.09. The van der Waals surface area contributed by atoms with Gasteiger partial charge in [0, 0.05) is 12.1 Å². The van der Waals surface area contributed by atoms with Crippen molar-refractivity contribution in [2.75, 3.05) is 5.73 Å². The molecule has 2 rings (SSSR count). The van der Waals surface area contributed by atoms with Crippen LogP contribution in [0.3, 0.4) is 0 Å². The minimum atomic E-state index is -0.539. The van der Waals surface area contributed by atoms with Crippen LogP contribution < -0.4 is 5.73 Å². The second-order valence-corrected chi connectivity index (χ2v) is 4.76. The van der Waals surface area contributed by atoms with Crippen LogP contribution in [-0.4, -0.2) is 5.78 Å². The van der Waals surface area contributed by atoms with E-state index >= 15 is 0 Å². The summed E-state index contributed by atoms with van der Waals surface area (Å²) in [6.07, 6.45) is 3.08. The Hall–Kier alpha value is -2.13. The van der Waals surface area contributed by atoms with Gasteiger partial charge in [0.25, 0.3) is 0 Å². The van der Waals surface area contributed by atoms with E-state index in [1.165, 1.54) is 12.1 Å². The van der Waals surface area contributed by atoms with E-state index in [0.29, 0.717) is 11.3 Å². The zero-order valence-electron chi connectivity index (χ0n) is 10.6. The number of benzene rings is 2. The van der Waals surface area contributed by atoms with Gasteiger partial charge >= 0.3 is 0 Å². The molecule has 0 aliphatic rings. The Labute approximate surface area is 121 Å². The number of hydrogen-bond acceptors (Lipinski definition) is 2. The topological polar surface area (TPSA) is 43.1 Å². The molecule has 0 bridgehead atoms. The summed E-state index contributed by atoms with van der Waals surface area (Å²) in [6.45, 7) is 0. The van der Waals surface area contributed by atoms with Gasteiger partial charge in [-0.2, -0.15) is 0 Å². The molecule has 2 aromatic carbocycles. The lowest BCUT2D eigenvalue weighted by molar-refractivity contribution is -0.114. The predicted octanol–water partition coefficient (Wildman–Crippen LogP) is 3.89. The first-order chi connectivity index (χ1) is 9.56. The van der Waals surface area contributed by atoms with Gasteiger partial charge in [-0.3, -0.25) is 4.79 Å². The van der Waals surface area contributed by atoms with E-state index in [2.05, 4.69) is 0 Å². The van der Waals surface area contributed by atoms with Crippen LogP contribution in [0.1, 0.15) is 11.1 Å². The zero-order chi connectivity index (χ0) is 14.5. The van der Waals surface area contributed by atoms with Crippen molar-refractivity contribution in [3.63, 3.8) is 0 Å². The Bertz CT molecular complexity index is 650. The molecular formula is C16H13ClFNO. The van der Waals surface area contributed by atoms with Crippen LogP contribution in [0.5, 0.6) is 0 Å². The second-order valence-electron chi connectivity index (χ2n) is 4.36. The monoisotopic (exact) mass is 289 g/mol. The molecule has 0 saturated carbocycles. The molecular weight excluding hydrogens is 277 g/mol. The number of anilines is 1. The molecule has 102 valence electrons. The lowest BCUT2D eigenvalue weighted by Crippen LogP contribution is -2.01. The molecule has 0 heterocycles. The maximum atomic E-state index is 13.6. The summed E-state index contributed by atoms with van der Waals surface area (Å²) in [5.41, 5.74) is 7.39. The molecule has 0 saturated heterocycles. The summed E-state index contributed by atoms with van der Waals surface area (Å²) >= 11 is 5.67. The largest absolute Gasteiger partial charge is 0.399 e. The Balaban J connectivity index is 2.05. The Morgan fingerprint density at radius 3 is 2.60 bits per heavy atom. The summed E-state index contributed by atoms with van der Waals surface area (Å²) < 4.78 is 13.6. The fraction of sp³-hybridized carbons (Fsp3) is 0.0625. The van der Waals surface area contributed by atoms with Gasteiger partial charge in [0.1, 0.15) is 5.82 Å². The van der Waals surface area contributed by atoms with Gasteiger partial charge in [-0.05, 0) is 35.4 Å². The molecule has 4 heteroatoms. The van der Waals surface area contributed by atoms with Crippen LogP contribution in [0.25, 0.3) is 6.08 Å². The molecule has 0 amide bonds. The quantitative estimate of drug-likeness (QED) is 0.685. The van der Waals surface area contributed by atoms with Crippen LogP contribution in [0.4, 0.5) is 10.1 Å². The zero-order valence-corrected chi connectivity index (χ0v) is 11.4. The lowest BCUT2D eigenvalue weighted by Gasteiger charge is -2.01. The lowest BCUT2D eigenvalue weighted by atomic mass is 10.1. The van der Waals surface area contributed by atoms with E-state index in [-0.39, 0.29) is 17.2 Å². The fourth-order valence-electron chi connectivity index (χ4n) is 1.73. The number of rotatable bonds is 4. The molecule has 2 N–H and O–H groups in total. The highest BCUT2D eigenvalue weighted by molar-refractivity contribution is 6.30. The van der Waals surface area contributed by atoms with Crippen LogP contribution in [0.2, 0.25) is 5.02 Å². The van der Waals surface area contributed by atoms with Gasteiger partial charge in [0.05, 0.1) is 5.02 Å². The minimum absolute atomic E-state index is 0.0160. The molecule has 0 aliphatic carbocycles. The Kier molecular flexibility index (Phi) is 4.53. The average molecular weight is 290 g/mol. The first-order valence-corrected chi connectivity index (χ1v) is 6.43. The van der Waals surface area contributed by atoms with Crippen molar-refractivity contribution in [3.05, 3.63) is 70.5 Å². The van der Waals surface area contributed by atoms with Gasteiger partial charge < -0.3 is 5.73 Å². The second kappa shape index (κ2) is 6.35. The Morgan fingerprint density at radius 2 is 1.90 bits per heavy atom. The summed E-state index contributed by atoms with van der Waals surface area (Å²) in [5, 5.41) is 0.0258. The number of hydrogen-bond donors (Lipinski definition) is 1. The SMILES string of the molecule is Nc1ccc(/C=C/C(=O)Cc2cccc(Cl)c2F)cc1. The van der Waals surface area contributed by atoms with Gasteiger partial charge in [0.15, 0.2) is 5.78 Å². The van der Waals surface area contributed by atoms with Gasteiger partial charge in [0.2, 0.25) is 0 Å². The molecule has 0 spiro atoms. The first kappa shape index (κ1) is 14.3. The van der Waals surface area contributed by atoms with Crippen LogP contribution in [-0.2, 0) is 11.2 Å². The molecule has 20 heavy (non-hydrogen) atoms. The molecule has 2 nitrogen and oxygen atoms in total. The van der Waals surface area contributed by atoms with Crippen molar-refractivity contribution in [3.8, 4) is 0 Å². The summed E-state index contributed by atoms with van der Waals surface area (Å²) in [7, 11) is 0. The third-order valence-electron chi connectivity index (χ3n) is 2.79. The van der Waals surface area contributed by atoms with E-state index in [1.54, 1.807) is 42.5 Å². The van der Waals surface area contributed by atoms with E-state index in [1.807, 2.05) is 0 Å². The van der Waals surface area contributed by atoms with E-state index in [4.69, 9.17) is 17.3 Å².